The summed E-state index contributed by atoms with van der Waals surface area (Å²) in [6, 6.07) is 3.63. The van der Waals surface area contributed by atoms with Gasteiger partial charge in [-0.05, 0) is 28.1 Å². The molecule has 1 N–H and O–H groups in total. The first-order valence-corrected chi connectivity index (χ1v) is 4.51. The summed E-state index contributed by atoms with van der Waals surface area (Å²) < 4.78 is 24.7. The minimum absolute atomic E-state index is 0.106. The number of hydrogen-bond donors (Lipinski definition) is 1. The monoisotopic (exact) mass is 275 g/mol. The van der Waals surface area contributed by atoms with Crippen molar-refractivity contribution < 1.29 is 18.7 Å². The van der Waals surface area contributed by atoms with Crippen molar-refractivity contribution in [2.75, 3.05) is 0 Å². The highest BCUT2D eigenvalue weighted by Crippen LogP contribution is 2.31. The van der Waals surface area contributed by atoms with Gasteiger partial charge in [0.2, 0.25) is 0 Å². The second kappa shape index (κ2) is 4.36. The van der Waals surface area contributed by atoms with E-state index in [4.69, 9.17) is 10.4 Å². The van der Waals surface area contributed by atoms with Crippen molar-refractivity contribution >= 4 is 21.9 Å². The summed E-state index contributed by atoms with van der Waals surface area (Å²) in [6.07, 6.45) is -2.83. The molecule has 0 unspecified atom stereocenters. The lowest BCUT2D eigenvalue weighted by Crippen LogP contribution is -2.02. The Morgan fingerprint density at radius 2 is 2.13 bits per heavy atom. The van der Waals surface area contributed by atoms with Crippen LogP contribution in [0.15, 0.2) is 16.6 Å². The summed E-state index contributed by atoms with van der Waals surface area (Å²) in [5.74, 6) is -1.36. The van der Waals surface area contributed by atoms with Crippen LogP contribution in [0.25, 0.3) is 0 Å². The summed E-state index contributed by atoms with van der Waals surface area (Å²) in [4.78, 5) is 10.7. The number of carbonyl (C=O) groups is 1. The summed E-state index contributed by atoms with van der Waals surface area (Å²) >= 11 is 2.78. The Kier molecular flexibility index (Phi) is 3.37. The normalized spacial score (nSPS) is 10.1. The van der Waals surface area contributed by atoms with Gasteiger partial charge in [-0.25, -0.2) is 13.6 Å². The molecular formula is C9H4BrF2NO2. The number of aromatic carboxylic acids is 1. The quantitative estimate of drug-likeness (QED) is 0.903. The van der Waals surface area contributed by atoms with E-state index in [1.807, 2.05) is 0 Å². The SMILES string of the molecule is N#Cc1cc(C(=O)O)c(Br)c(C(F)F)c1. The molecular weight excluding hydrogens is 272 g/mol. The van der Waals surface area contributed by atoms with E-state index < -0.39 is 18.0 Å². The van der Waals surface area contributed by atoms with Crippen molar-refractivity contribution in [3.05, 3.63) is 33.3 Å². The van der Waals surface area contributed by atoms with Crippen LogP contribution >= 0.6 is 15.9 Å². The highest BCUT2D eigenvalue weighted by atomic mass is 79.9. The standard InChI is InChI=1S/C9H4BrF2NO2/c10-7-5(8(11)12)1-4(3-13)2-6(7)9(14)15/h1-2,8H,(H,14,15). The highest BCUT2D eigenvalue weighted by molar-refractivity contribution is 9.10. The molecule has 0 spiro atoms. The fourth-order valence-corrected chi connectivity index (χ4v) is 1.60. The van der Waals surface area contributed by atoms with Crippen LogP contribution in [-0.4, -0.2) is 11.1 Å². The molecule has 0 saturated carbocycles. The molecule has 0 amide bonds. The van der Waals surface area contributed by atoms with Crippen LogP contribution in [0.2, 0.25) is 0 Å². The Labute approximate surface area is 92.1 Å². The molecule has 1 aromatic carbocycles. The lowest BCUT2D eigenvalue weighted by atomic mass is 10.1. The molecule has 0 saturated heterocycles. The van der Waals surface area contributed by atoms with Gasteiger partial charge >= 0.3 is 5.97 Å². The molecule has 0 atom stereocenters. The minimum atomic E-state index is -2.83. The number of hydrogen-bond acceptors (Lipinski definition) is 2. The molecule has 0 aliphatic heterocycles. The van der Waals surface area contributed by atoms with Crippen molar-refractivity contribution in [1.29, 1.82) is 5.26 Å². The van der Waals surface area contributed by atoms with E-state index in [1.165, 1.54) is 0 Å². The molecule has 0 fully saturated rings. The second-order valence-electron chi connectivity index (χ2n) is 2.64. The second-order valence-corrected chi connectivity index (χ2v) is 3.44. The van der Waals surface area contributed by atoms with Gasteiger partial charge in [0.1, 0.15) is 0 Å². The zero-order valence-corrected chi connectivity index (χ0v) is 8.75. The van der Waals surface area contributed by atoms with Crippen LogP contribution in [0.4, 0.5) is 8.78 Å². The molecule has 15 heavy (non-hydrogen) atoms. The predicted octanol–water partition coefficient (Wildman–Crippen LogP) is 2.96. The zero-order chi connectivity index (χ0) is 11.6. The lowest BCUT2D eigenvalue weighted by Gasteiger charge is -2.06. The predicted molar refractivity (Wildman–Crippen MR) is 50.8 cm³/mol. The van der Waals surface area contributed by atoms with Gasteiger partial charge in [0.15, 0.2) is 0 Å². The topological polar surface area (TPSA) is 61.1 Å². The van der Waals surface area contributed by atoms with E-state index >= 15 is 0 Å². The number of carboxylic acids is 1. The van der Waals surface area contributed by atoms with Gasteiger partial charge in [-0.2, -0.15) is 5.26 Å². The zero-order valence-electron chi connectivity index (χ0n) is 7.17. The van der Waals surface area contributed by atoms with Gasteiger partial charge in [0.05, 0.1) is 17.2 Å². The molecule has 0 radical (unpaired) electrons. The van der Waals surface area contributed by atoms with Gasteiger partial charge in [0, 0.05) is 10.0 Å². The molecule has 0 heterocycles. The Morgan fingerprint density at radius 1 is 1.53 bits per heavy atom. The van der Waals surface area contributed by atoms with E-state index in [2.05, 4.69) is 15.9 Å². The summed E-state index contributed by atoms with van der Waals surface area (Å²) in [6.45, 7) is 0. The molecule has 1 aromatic rings. The van der Waals surface area contributed by atoms with Crippen LogP contribution in [0.5, 0.6) is 0 Å². The number of alkyl halides is 2. The molecule has 6 heteroatoms. The number of benzene rings is 1. The molecule has 78 valence electrons. The van der Waals surface area contributed by atoms with Crippen LogP contribution in [0, 0.1) is 11.3 Å². The number of nitrogens with zero attached hydrogens (tertiary/aromatic N) is 1. The van der Waals surface area contributed by atoms with Gasteiger partial charge < -0.3 is 5.11 Å². The minimum Gasteiger partial charge on any atom is -0.478 e. The molecule has 0 aliphatic rings. The van der Waals surface area contributed by atoms with Crippen LogP contribution in [0.3, 0.4) is 0 Å². The van der Waals surface area contributed by atoms with E-state index in [0.29, 0.717) is 0 Å². The molecule has 0 bridgehead atoms. The first-order chi connectivity index (χ1) is 6.97. The number of carboxylic acid groups (broad SMARTS) is 1. The molecule has 3 nitrogen and oxygen atoms in total. The Morgan fingerprint density at radius 3 is 2.53 bits per heavy atom. The Hall–Kier alpha value is -1.48. The number of nitriles is 1. The maximum atomic E-state index is 12.5. The lowest BCUT2D eigenvalue weighted by molar-refractivity contribution is 0.0695. The van der Waals surface area contributed by atoms with Crippen LogP contribution in [0.1, 0.15) is 27.9 Å². The third-order valence-corrected chi connectivity index (χ3v) is 2.58. The van der Waals surface area contributed by atoms with Crippen molar-refractivity contribution in [2.24, 2.45) is 0 Å². The summed E-state index contributed by atoms with van der Waals surface area (Å²) in [5, 5.41) is 17.2. The highest BCUT2D eigenvalue weighted by Gasteiger charge is 2.19. The third kappa shape index (κ3) is 2.30. The van der Waals surface area contributed by atoms with E-state index in [0.717, 1.165) is 12.1 Å². The van der Waals surface area contributed by atoms with Crippen LogP contribution in [-0.2, 0) is 0 Å². The average Bonchev–Trinajstić information content (AvgIpc) is 2.17. The van der Waals surface area contributed by atoms with Crippen molar-refractivity contribution in [2.45, 2.75) is 6.43 Å². The van der Waals surface area contributed by atoms with Crippen molar-refractivity contribution in [3.8, 4) is 6.07 Å². The summed E-state index contributed by atoms with van der Waals surface area (Å²) in [7, 11) is 0. The molecule has 1 rings (SSSR count). The Balaban J connectivity index is 3.49. The van der Waals surface area contributed by atoms with Gasteiger partial charge in [-0.15, -0.1) is 0 Å². The van der Waals surface area contributed by atoms with Crippen molar-refractivity contribution in [1.82, 2.24) is 0 Å². The first-order valence-electron chi connectivity index (χ1n) is 3.72. The van der Waals surface area contributed by atoms with Gasteiger partial charge in [-0.3, -0.25) is 0 Å². The largest absolute Gasteiger partial charge is 0.478 e. The van der Waals surface area contributed by atoms with Crippen LogP contribution < -0.4 is 0 Å². The summed E-state index contributed by atoms with van der Waals surface area (Å²) in [5.41, 5.74) is -0.943. The maximum absolute atomic E-state index is 12.5. The maximum Gasteiger partial charge on any atom is 0.336 e. The molecule has 0 aliphatic carbocycles. The fourth-order valence-electron chi connectivity index (χ4n) is 1.03. The van der Waals surface area contributed by atoms with Crippen molar-refractivity contribution in [3.63, 3.8) is 0 Å². The van der Waals surface area contributed by atoms with E-state index in [1.54, 1.807) is 6.07 Å². The average molecular weight is 276 g/mol. The fraction of sp³-hybridized carbons (Fsp3) is 0.111. The van der Waals surface area contributed by atoms with Gasteiger partial charge in [0.25, 0.3) is 6.43 Å². The van der Waals surface area contributed by atoms with E-state index in [-0.39, 0.29) is 15.6 Å². The van der Waals surface area contributed by atoms with Gasteiger partial charge in [-0.1, -0.05) is 0 Å². The third-order valence-electron chi connectivity index (χ3n) is 1.70. The smallest absolute Gasteiger partial charge is 0.336 e. The van der Waals surface area contributed by atoms with E-state index in [9.17, 15) is 13.6 Å². The first kappa shape index (κ1) is 11.6. The molecule has 0 aromatic heterocycles. The number of halogens is 3. The Bertz CT molecular complexity index is 454. The number of rotatable bonds is 2.